The maximum absolute atomic E-state index is 12.9. The molecule has 0 radical (unpaired) electrons. The van der Waals surface area contributed by atoms with Gasteiger partial charge in [0.05, 0.1) is 19.8 Å². The van der Waals surface area contributed by atoms with Gasteiger partial charge in [-0.3, -0.25) is 4.79 Å². The van der Waals surface area contributed by atoms with Gasteiger partial charge < -0.3 is 33.8 Å². The van der Waals surface area contributed by atoms with Crippen LogP contribution in [0.15, 0.2) is 10.6 Å². The van der Waals surface area contributed by atoms with Crippen LogP contribution >= 0.6 is 0 Å². The summed E-state index contributed by atoms with van der Waals surface area (Å²) >= 11 is 0. The third-order valence-corrected chi connectivity index (χ3v) is 6.80. The van der Waals surface area contributed by atoms with Gasteiger partial charge in [0.2, 0.25) is 0 Å². The van der Waals surface area contributed by atoms with Gasteiger partial charge in [0.1, 0.15) is 5.76 Å². The van der Waals surface area contributed by atoms with E-state index in [9.17, 15) is 4.79 Å². The van der Waals surface area contributed by atoms with Crippen LogP contribution < -0.4 is 0 Å². The molecule has 5 rings (SSSR count). The van der Waals surface area contributed by atoms with Crippen LogP contribution in [0.25, 0.3) is 0 Å². The molecule has 1 aromatic rings. The van der Waals surface area contributed by atoms with Crippen LogP contribution in [0, 0.1) is 17.3 Å². The molecule has 1 saturated carbocycles. The molecule has 0 spiro atoms. The predicted octanol–water partition coefficient (Wildman–Crippen LogP) is 1.24. The first-order valence-corrected chi connectivity index (χ1v) is 11.3. The first kappa shape index (κ1) is 23.7. The summed E-state index contributed by atoms with van der Waals surface area (Å²) in [5.41, 5.74) is 0.361. The Balaban J connectivity index is 0.000000385. The molecule has 1 aromatic heterocycles. The molecule has 1 aliphatic carbocycles. The summed E-state index contributed by atoms with van der Waals surface area (Å²) in [5.74, 6) is -1.42. The number of amides is 1. The molecule has 3 aliphatic heterocycles. The SMILES string of the molecule is O=C(O)C(=O)O.O=C(c1cc(C2CC2)on1)N1C[C@@H]2COC[C@]2(COCC2CCOCC2)C1. The number of carboxylic acids is 2. The Morgan fingerprint density at radius 1 is 1.12 bits per heavy atom. The van der Waals surface area contributed by atoms with Gasteiger partial charge in [0.25, 0.3) is 5.91 Å². The Kier molecular flexibility index (Phi) is 7.30. The number of rotatable bonds is 6. The second-order valence-corrected chi connectivity index (χ2v) is 9.33. The predicted molar refractivity (Wildman–Crippen MR) is 111 cm³/mol. The lowest BCUT2D eigenvalue weighted by Crippen LogP contribution is -2.38. The Morgan fingerprint density at radius 2 is 1.85 bits per heavy atom. The van der Waals surface area contributed by atoms with Crippen molar-refractivity contribution in [2.45, 2.75) is 31.6 Å². The first-order valence-electron chi connectivity index (χ1n) is 11.3. The largest absolute Gasteiger partial charge is 0.473 e. The van der Waals surface area contributed by atoms with Crippen LogP contribution in [0.2, 0.25) is 0 Å². The molecule has 4 heterocycles. The molecular formula is C22H30N2O9. The van der Waals surface area contributed by atoms with Crippen molar-refractivity contribution in [3.8, 4) is 0 Å². The van der Waals surface area contributed by atoms with E-state index in [4.69, 9.17) is 38.5 Å². The van der Waals surface area contributed by atoms with Crippen LogP contribution in [-0.2, 0) is 23.8 Å². The van der Waals surface area contributed by atoms with Gasteiger partial charge in [-0.05, 0) is 31.6 Å². The molecule has 2 N–H and O–H groups in total. The van der Waals surface area contributed by atoms with Crippen molar-refractivity contribution in [2.75, 3.05) is 52.7 Å². The van der Waals surface area contributed by atoms with E-state index < -0.39 is 11.9 Å². The molecule has 4 aliphatic rings. The molecule has 1 amide bonds. The normalized spacial score (nSPS) is 27.0. The minimum Gasteiger partial charge on any atom is -0.473 e. The van der Waals surface area contributed by atoms with Gasteiger partial charge >= 0.3 is 11.9 Å². The summed E-state index contributed by atoms with van der Waals surface area (Å²) < 4.78 is 22.7. The smallest absolute Gasteiger partial charge is 0.414 e. The van der Waals surface area contributed by atoms with Crippen molar-refractivity contribution in [2.24, 2.45) is 17.3 Å². The third kappa shape index (κ3) is 5.71. The van der Waals surface area contributed by atoms with Gasteiger partial charge in [-0.15, -0.1) is 0 Å². The van der Waals surface area contributed by atoms with E-state index in [-0.39, 0.29) is 11.3 Å². The first-order chi connectivity index (χ1) is 15.9. The highest BCUT2D eigenvalue weighted by atomic mass is 16.5. The average molecular weight is 466 g/mol. The van der Waals surface area contributed by atoms with Gasteiger partial charge in [0, 0.05) is 56.2 Å². The molecular weight excluding hydrogens is 436 g/mol. The molecule has 0 aromatic carbocycles. The highest BCUT2D eigenvalue weighted by Gasteiger charge is 2.52. The van der Waals surface area contributed by atoms with E-state index in [1.807, 2.05) is 11.0 Å². The number of nitrogens with zero attached hydrogens (tertiary/aromatic N) is 2. The van der Waals surface area contributed by atoms with E-state index in [1.165, 1.54) is 0 Å². The zero-order valence-electron chi connectivity index (χ0n) is 18.4. The van der Waals surface area contributed by atoms with Crippen LogP contribution in [0.1, 0.15) is 47.8 Å². The lowest BCUT2D eigenvalue weighted by molar-refractivity contribution is -0.159. The Labute approximate surface area is 190 Å². The minimum absolute atomic E-state index is 0.0242. The van der Waals surface area contributed by atoms with Crippen molar-refractivity contribution < 1.29 is 43.3 Å². The number of likely N-dealkylation sites (tertiary alicyclic amines) is 1. The van der Waals surface area contributed by atoms with Crippen molar-refractivity contribution >= 4 is 17.8 Å². The summed E-state index contributed by atoms with van der Waals surface area (Å²) in [4.78, 5) is 33.0. The summed E-state index contributed by atoms with van der Waals surface area (Å²) in [6.07, 6.45) is 4.43. The van der Waals surface area contributed by atoms with E-state index >= 15 is 0 Å². The lowest BCUT2D eigenvalue weighted by atomic mass is 9.82. The number of ether oxygens (including phenoxy) is 3. The van der Waals surface area contributed by atoms with E-state index in [0.29, 0.717) is 56.4 Å². The molecule has 0 unspecified atom stereocenters. The zero-order valence-corrected chi connectivity index (χ0v) is 18.4. The number of aromatic nitrogens is 1. The fourth-order valence-corrected chi connectivity index (χ4v) is 4.65. The maximum atomic E-state index is 12.9. The number of hydrogen-bond acceptors (Lipinski definition) is 8. The Morgan fingerprint density at radius 3 is 2.52 bits per heavy atom. The molecule has 4 fully saturated rings. The Bertz CT molecular complexity index is 850. The number of carbonyl (C=O) groups is 3. The van der Waals surface area contributed by atoms with Gasteiger partial charge in [0.15, 0.2) is 5.69 Å². The summed E-state index contributed by atoms with van der Waals surface area (Å²) in [6, 6.07) is 1.83. The quantitative estimate of drug-likeness (QED) is 0.586. The highest BCUT2D eigenvalue weighted by Crippen LogP contribution is 2.43. The topological polar surface area (TPSA) is 149 Å². The maximum Gasteiger partial charge on any atom is 0.414 e. The van der Waals surface area contributed by atoms with Crippen molar-refractivity contribution in [3.05, 3.63) is 17.5 Å². The summed E-state index contributed by atoms with van der Waals surface area (Å²) in [7, 11) is 0. The monoisotopic (exact) mass is 466 g/mol. The fraction of sp³-hybridized carbons (Fsp3) is 0.727. The van der Waals surface area contributed by atoms with Gasteiger partial charge in [-0.1, -0.05) is 5.16 Å². The number of fused-ring (bicyclic) bond motifs is 1. The molecule has 33 heavy (non-hydrogen) atoms. The van der Waals surface area contributed by atoms with E-state index in [0.717, 1.165) is 51.3 Å². The molecule has 0 bridgehead atoms. The number of carboxylic acid groups (broad SMARTS) is 2. The standard InChI is InChI=1S/C20H28N2O5.C2H2O4/c23-19(17-7-18(27-21-17)15-1-2-15)22-8-16-10-26-13-20(16,11-22)12-25-9-14-3-5-24-6-4-14;3-1(4)2(5)6/h7,14-16H,1-6,8-13H2;(H,3,4)(H,5,6)/t16-,20-;/m1./s1. The molecule has 11 nitrogen and oxygen atoms in total. The van der Waals surface area contributed by atoms with Crippen molar-refractivity contribution in [1.82, 2.24) is 10.1 Å². The van der Waals surface area contributed by atoms with Crippen LogP contribution in [0.3, 0.4) is 0 Å². The van der Waals surface area contributed by atoms with Crippen molar-refractivity contribution in [1.29, 1.82) is 0 Å². The number of carbonyl (C=O) groups excluding carboxylic acids is 1. The molecule has 11 heteroatoms. The summed E-state index contributed by atoms with van der Waals surface area (Å²) in [6.45, 7) is 5.88. The number of hydrogen-bond donors (Lipinski definition) is 2. The van der Waals surface area contributed by atoms with Crippen molar-refractivity contribution in [3.63, 3.8) is 0 Å². The zero-order chi connectivity index (χ0) is 23.4. The van der Waals surface area contributed by atoms with E-state index in [2.05, 4.69) is 5.16 Å². The number of aliphatic carboxylic acids is 2. The van der Waals surface area contributed by atoms with Gasteiger partial charge in [-0.25, -0.2) is 9.59 Å². The van der Waals surface area contributed by atoms with E-state index in [1.54, 1.807) is 0 Å². The molecule has 2 atom stereocenters. The summed E-state index contributed by atoms with van der Waals surface area (Å²) in [5, 5.41) is 18.8. The fourth-order valence-electron chi connectivity index (χ4n) is 4.65. The minimum atomic E-state index is -1.82. The third-order valence-electron chi connectivity index (χ3n) is 6.80. The van der Waals surface area contributed by atoms with Crippen LogP contribution in [0.4, 0.5) is 0 Å². The molecule has 3 saturated heterocycles. The second-order valence-electron chi connectivity index (χ2n) is 9.33. The van der Waals surface area contributed by atoms with Crippen LogP contribution in [0.5, 0.6) is 0 Å². The molecule has 182 valence electrons. The second kappa shape index (κ2) is 10.2. The lowest BCUT2D eigenvalue weighted by Gasteiger charge is -2.28. The highest BCUT2D eigenvalue weighted by molar-refractivity contribution is 6.27. The van der Waals surface area contributed by atoms with Gasteiger partial charge in [-0.2, -0.15) is 0 Å². The van der Waals surface area contributed by atoms with Crippen LogP contribution in [-0.4, -0.2) is 90.8 Å². The average Bonchev–Trinajstić information content (AvgIpc) is 3.24. The Hall–Kier alpha value is -2.50.